The van der Waals surface area contributed by atoms with Crippen molar-refractivity contribution in [3.05, 3.63) is 24.3 Å². The Balaban J connectivity index is 2.78. The number of alkyl halides is 1. The molecule has 0 aliphatic heterocycles. The number of para-hydroxylation sites is 2. The lowest BCUT2D eigenvalue weighted by Gasteiger charge is -2.07. The van der Waals surface area contributed by atoms with E-state index in [1.165, 1.54) is 0 Å². The maximum Gasteiger partial charge on any atom is 0.249 e. The molecule has 0 spiro atoms. The van der Waals surface area contributed by atoms with E-state index in [0.29, 0.717) is 11.4 Å². The van der Waals surface area contributed by atoms with E-state index in [0.717, 1.165) is 0 Å². The third-order valence-corrected chi connectivity index (χ3v) is 1.29. The molecular weight excluding hydrogens is 164 g/mol. The van der Waals surface area contributed by atoms with Crippen LogP contribution in [0.3, 0.4) is 0 Å². The fourth-order valence-electron chi connectivity index (χ4n) is 0.709. The molecule has 0 radical (unpaired) electrons. The molecule has 0 aromatic heterocycles. The van der Waals surface area contributed by atoms with Gasteiger partial charge in [0.1, 0.15) is 5.75 Å². The molecule has 0 amide bonds. The van der Waals surface area contributed by atoms with Crippen LogP contribution in [0.1, 0.15) is 0 Å². The van der Waals surface area contributed by atoms with Crippen LogP contribution in [-0.2, 0) is 0 Å². The van der Waals surface area contributed by atoms with Gasteiger partial charge in [0.2, 0.25) is 6.10 Å². The lowest BCUT2D eigenvalue weighted by atomic mass is 10.3. The minimum absolute atomic E-state index is 0.370. The monoisotopic (exact) mass is 173 g/mol. The minimum Gasteiger partial charge on any atom is -0.455 e. The first-order valence-electron chi connectivity index (χ1n) is 3.11. The second-order valence-electron chi connectivity index (χ2n) is 2.01. The Morgan fingerprint density at radius 1 is 1.45 bits per heavy atom. The average Bonchev–Trinajstić information content (AvgIpc) is 1.93. The van der Waals surface area contributed by atoms with Crippen molar-refractivity contribution in [2.24, 2.45) is 0 Å². The first-order valence-corrected chi connectivity index (χ1v) is 3.77. The molecule has 0 aliphatic rings. The SMILES string of the molecule is Nc1ccccc1OC(F)P. The molecule has 4 heteroatoms. The first kappa shape index (κ1) is 8.28. The molecule has 1 aromatic rings. The lowest BCUT2D eigenvalue weighted by molar-refractivity contribution is 0.154. The zero-order chi connectivity index (χ0) is 8.27. The van der Waals surface area contributed by atoms with Gasteiger partial charge in [0, 0.05) is 0 Å². The molecule has 0 saturated carbocycles. The summed E-state index contributed by atoms with van der Waals surface area (Å²) in [6, 6.07) is 6.77. The quantitative estimate of drug-likeness (QED) is 0.546. The van der Waals surface area contributed by atoms with E-state index < -0.39 is 6.10 Å². The van der Waals surface area contributed by atoms with Crippen molar-refractivity contribution in [2.45, 2.75) is 6.10 Å². The average molecular weight is 173 g/mol. The summed E-state index contributed by atoms with van der Waals surface area (Å²) in [6.07, 6.45) is -1.40. The van der Waals surface area contributed by atoms with Crippen LogP contribution in [0.2, 0.25) is 0 Å². The molecular formula is C7H9FNOP. The fraction of sp³-hybridized carbons (Fsp3) is 0.143. The summed E-state index contributed by atoms with van der Waals surface area (Å²) in [5.41, 5.74) is 5.91. The maximum atomic E-state index is 12.3. The van der Waals surface area contributed by atoms with Crippen LogP contribution >= 0.6 is 9.24 Å². The summed E-state index contributed by atoms with van der Waals surface area (Å²) in [4.78, 5) is 0. The molecule has 0 bridgehead atoms. The fourth-order valence-corrected chi connectivity index (χ4v) is 0.856. The smallest absolute Gasteiger partial charge is 0.249 e. The van der Waals surface area contributed by atoms with Gasteiger partial charge in [0.25, 0.3) is 0 Å². The third kappa shape index (κ3) is 2.35. The van der Waals surface area contributed by atoms with E-state index in [4.69, 9.17) is 10.5 Å². The van der Waals surface area contributed by atoms with Crippen LogP contribution in [0, 0.1) is 0 Å². The summed E-state index contributed by atoms with van der Waals surface area (Å²) in [5.74, 6) is 0.370. The van der Waals surface area contributed by atoms with E-state index in [-0.39, 0.29) is 0 Å². The van der Waals surface area contributed by atoms with Gasteiger partial charge in [-0.25, -0.2) is 0 Å². The summed E-state index contributed by atoms with van der Waals surface area (Å²) in [7, 11) is 1.88. The summed E-state index contributed by atoms with van der Waals surface area (Å²) >= 11 is 0. The highest BCUT2D eigenvalue weighted by Crippen LogP contribution is 2.22. The Labute approximate surface area is 66.7 Å². The standard InChI is InChI=1S/C7H9FNOP/c8-7(11)10-6-4-2-1-3-5(6)9/h1-4,7H,9,11H2. The van der Waals surface area contributed by atoms with Crippen molar-refractivity contribution < 1.29 is 9.13 Å². The predicted octanol–water partition coefficient (Wildman–Crippen LogP) is 1.78. The second-order valence-corrected chi connectivity index (χ2v) is 2.53. The normalized spacial score (nSPS) is 12.5. The number of anilines is 1. The van der Waals surface area contributed by atoms with Crippen LogP contribution in [0.5, 0.6) is 5.75 Å². The van der Waals surface area contributed by atoms with Gasteiger partial charge in [-0.1, -0.05) is 21.4 Å². The number of nitrogen functional groups attached to an aromatic ring is 1. The summed E-state index contributed by atoms with van der Waals surface area (Å²) < 4.78 is 17.0. The van der Waals surface area contributed by atoms with Crippen molar-refractivity contribution in [1.29, 1.82) is 0 Å². The number of benzene rings is 1. The highest BCUT2D eigenvalue weighted by atomic mass is 31.0. The number of hydrogen-bond donors (Lipinski definition) is 1. The number of hydrogen-bond acceptors (Lipinski definition) is 2. The summed E-state index contributed by atoms with van der Waals surface area (Å²) in [6.45, 7) is 0. The molecule has 0 aliphatic carbocycles. The molecule has 2 N–H and O–H groups in total. The van der Waals surface area contributed by atoms with Gasteiger partial charge in [0.05, 0.1) is 5.69 Å². The highest BCUT2D eigenvalue weighted by molar-refractivity contribution is 7.16. The molecule has 0 heterocycles. The van der Waals surface area contributed by atoms with Crippen molar-refractivity contribution >= 4 is 14.9 Å². The van der Waals surface area contributed by atoms with Gasteiger partial charge >= 0.3 is 0 Å². The number of nitrogens with two attached hydrogens (primary N) is 1. The van der Waals surface area contributed by atoms with Gasteiger partial charge < -0.3 is 10.5 Å². The van der Waals surface area contributed by atoms with Gasteiger partial charge in [-0.15, -0.1) is 0 Å². The molecule has 1 rings (SSSR count). The van der Waals surface area contributed by atoms with Crippen molar-refractivity contribution in [2.75, 3.05) is 5.73 Å². The van der Waals surface area contributed by atoms with Crippen LogP contribution in [0.4, 0.5) is 10.1 Å². The second kappa shape index (κ2) is 3.54. The van der Waals surface area contributed by atoms with Crippen molar-refractivity contribution in [1.82, 2.24) is 0 Å². The Morgan fingerprint density at radius 2 is 2.09 bits per heavy atom. The van der Waals surface area contributed by atoms with Crippen LogP contribution in [0.15, 0.2) is 24.3 Å². The third-order valence-electron chi connectivity index (χ3n) is 1.16. The summed E-state index contributed by atoms with van der Waals surface area (Å²) in [5, 5.41) is 0. The minimum atomic E-state index is -1.40. The molecule has 1 aromatic carbocycles. The number of halogens is 1. The van der Waals surface area contributed by atoms with E-state index in [9.17, 15) is 4.39 Å². The Kier molecular flexibility index (Phi) is 2.66. The van der Waals surface area contributed by atoms with Crippen LogP contribution < -0.4 is 10.5 Å². The van der Waals surface area contributed by atoms with Crippen LogP contribution in [0.25, 0.3) is 0 Å². The van der Waals surface area contributed by atoms with Gasteiger partial charge in [0.15, 0.2) is 0 Å². The van der Waals surface area contributed by atoms with E-state index >= 15 is 0 Å². The Morgan fingerprint density at radius 3 is 2.64 bits per heavy atom. The molecule has 60 valence electrons. The van der Waals surface area contributed by atoms with Gasteiger partial charge in [-0.2, -0.15) is 4.39 Å². The maximum absolute atomic E-state index is 12.3. The highest BCUT2D eigenvalue weighted by Gasteiger charge is 2.02. The van der Waals surface area contributed by atoms with Crippen LogP contribution in [-0.4, -0.2) is 6.10 Å². The van der Waals surface area contributed by atoms with E-state index in [2.05, 4.69) is 0 Å². The predicted molar refractivity (Wildman–Crippen MR) is 46.1 cm³/mol. The number of ether oxygens (including phenoxy) is 1. The molecule has 0 saturated heterocycles. The van der Waals surface area contributed by atoms with E-state index in [1.807, 2.05) is 9.24 Å². The molecule has 11 heavy (non-hydrogen) atoms. The van der Waals surface area contributed by atoms with Crippen molar-refractivity contribution in [3.8, 4) is 5.75 Å². The molecule has 0 fully saturated rings. The molecule has 2 nitrogen and oxygen atoms in total. The number of rotatable bonds is 2. The molecule has 2 unspecified atom stereocenters. The lowest BCUT2D eigenvalue weighted by Crippen LogP contribution is -2.02. The largest absolute Gasteiger partial charge is 0.455 e. The zero-order valence-corrected chi connectivity index (χ0v) is 6.98. The first-order chi connectivity index (χ1) is 5.20. The zero-order valence-electron chi connectivity index (χ0n) is 5.83. The Bertz CT molecular complexity index is 242. The van der Waals surface area contributed by atoms with Gasteiger partial charge in [-0.3, -0.25) is 0 Å². The van der Waals surface area contributed by atoms with Gasteiger partial charge in [-0.05, 0) is 12.1 Å². The topological polar surface area (TPSA) is 35.2 Å². The van der Waals surface area contributed by atoms with Crippen molar-refractivity contribution in [3.63, 3.8) is 0 Å². The molecule has 2 atom stereocenters. The van der Waals surface area contributed by atoms with E-state index in [1.54, 1.807) is 24.3 Å². The Hall–Kier alpha value is -0.820.